The lowest BCUT2D eigenvalue weighted by Crippen LogP contribution is -2.25. The largest absolute Gasteiger partial charge is 0.385 e. The van der Waals surface area contributed by atoms with E-state index in [0.29, 0.717) is 0 Å². The Labute approximate surface area is 106 Å². The van der Waals surface area contributed by atoms with Gasteiger partial charge in [0.05, 0.1) is 0 Å². The SMILES string of the molecule is CCCC(CCOCCCOC)CNC1CC1. The van der Waals surface area contributed by atoms with Crippen molar-refractivity contribution < 1.29 is 9.47 Å². The van der Waals surface area contributed by atoms with Gasteiger partial charge in [0.15, 0.2) is 0 Å². The Kier molecular flexibility index (Phi) is 8.67. The first-order chi connectivity index (χ1) is 8.36. The number of methoxy groups -OCH3 is 1. The molecule has 17 heavy (non-hydrogen) atoms. The fraction of sp³-hybridized carbons (Fsp3) is 1.00. The molecule has 0 aromatic carbocycles. The smallest absolute Gasteiger partial charge is 0.0487 e. The minimum atomic E-state index is 0.794. The third-order valence-corrected chi connectivity index (χ3v) is 3.28. The first-order valence-electron chi connectivity index (χ1n) is 7.16. The molecule has 1 rings (SSSR count). The van der Waals surface area contributed by atoms with E-state index in [1.165, 1.54) is 38.6 Å². The Balaban J connectivity index is 1.94. The number of hydrogen-bond acceptors (Lipinski definition) is 3. The van der Waals surface area contributed by atoms with Crippen LogP contribution in [0.4, 0.5) is 0 Å². The van der Waals surface area contributed by atoms with E-state index in [1.54, 1.807) is 7.11 Å². The average Bonchev–Trinajstić information content (AvgIpc) is 3.14. The van der Waals surface area contributed by atoms with Gasteiger partial charge in [-0.05, 0) is 44.6 Å². The Bertz CT molecular complexity index is 172. The van der Waals surface area contributed by atoms with E-state index in [0.717, 1.165) is 38.2 Å². The third-order valence-electron chi connectivity index (χ3n) is 3.28. The summed E-state index contributed by atoms with van der Waals surface area (Å²) >= 11 is 0. The Morgan fingerprint density at radius 2 is 2.00 bits per heavy atom. The van der Waals surface area contributed by atoms with Crippen molar-refractivity contribution in [3.05, 3.63) is 0 Å². The zero-order valence-corrected chi connectivity index (χ0v) is 11.5. The van der Waals surface area contributed by atoms with Crippen LogP contribution in [0.3, 0.4) is 0 Å². The maximum absolute atomic E-state index is 5.63. The molecule has 1 atom stereocenters. The van der Waals surface area contributed by atoms with Crippen LogP contribution in [-0.4, -0.2) is 39.5 Å². The molecule has 3 nitrogen and oxygen atoms in total. The van der Waals surface area contributed by atoms with Crippen LogP contribution >= 0.6 is 0 Å². The lowest BCUT2D eigenvalue weighted by molar-refractivity contribution is 0.0927. The summed E-state index contributed by atoms with van der Waals surface area (Å²) in [5, 5.41) is 3.63. The molecule has 0 aromatic rings. The topological polar surface area (TPSA) is 30.5 Å². The number of rotatable bonds is 12. The maximum Gasteiger partial charge on any atom is 0.0487 e. The summed E-state index contributed by atoms with van der Waals surface area (Å²) in [6, 6.07) is 0.831. The molecule has 1 saturated carbocycles. The summed E-state index contributed by atoms with van der Waals surface area (Å²) in [4.78, 5) is 0. The van der Waals surface area contributed by atoms with Crippen molar-refractivity contribution in [2.45, 2.75) is 51.5 Å². The highest BCUT2D eigenvalue weighted by Crippen LogP contribution is 2.20. The molecule has 3 heteroatoms. The molecule has 1 fully saturated rings. The number of hydrogen-bond donors (Lipinski definition) is 1. The molecule has 0 bridgehead atoms. The summed E-state index contributed by atoms with van der Waals surface area (Å²) in [5.41, 5.74) is 0. The Morgan fingerprint density at radius 3 is 2.65 bits per heavy atom. The molecule has 102 valence electrons. The molecule has 1 aliphatic rings. The van der Waals surface area contributed by atoms with E-state index in [4.69, 9.17) is 9.47 Å². The Morgan fingerprint density at radius 1 is 1.18 bits per heavy atom. The fourth-order valence-corrected chi connectivity index (χ4v) is 2.03. The van der Waals surface area contributed by atoms with Crippen molar-refractivity contribution in [1.29, 1.82) is 0 Å². The highest BCUT2D eigenvalue weighted by atomic mass is 16.5. The van der Waals surface area contributed by atoms with Crippen LogP contribution < -0.4 is 5.32 Å². The molecule has 0 aromatic heterocycles. The second-order valence-electron chi connectivity index (χ2n) is 5.08. The van der Waals surface area contributed by atoms with Gasteiger partial charge in [-0.25, -0.2) is 0 Å². The summed E-state index contributed by atoms with van der Waals surface area (Å²) < 4.78 is 10.6. The number of nitrogens with one attached hydrogen (secondary N) is 1. The second kappa shape index (κ2) is 9.86. The van der Waals surface area contributed by atoms with E-state index < -0.39 is 0 Å². The first kappa shape index (κ1) is 14.9. The number of ether oxygens (including phenoxy) is 2. The van der Waals surface area contributed by atoms with Gasteiger partial charge in [0.2, 0.25) is 0 Å². The highest BCUT2D eigenvalue weighted by Gasteiger charge is 2.21. The van der Waals surface area contributed by atoms with E-state index in [1.807, 2.05) is 0 Å². The summed E-state index contributed by atoms with van der Waals surface area (Å²) in [7, 11) is 1.74. The van der Waals surface area contributed by atoms with Gasteiger partial charge in [-0.15, -0.1) is 0 Å². The van der Waals surface area contributed by atoms with E-state index in [9.17, 15) is 0 Å². The van der Waals surface area contributed by atoms with Crippen LogP contribution in [0.5, 0.6) is 0 Å². The van der Waals surface area contributed by atoms with Crippen LogP contribution in [-0.2, 0) is 9.47 Å². The lowest BCUT2D eigenvalue weighted by Gasteiger charge is -2.16. The van der Waals surface area contributed by atoms with Crippen molar-refractivity contribution in [2.75, 3.05) is 33.5 Å². The standard InChI is InChI=1S/C14H29NO2/c1-3-5-13(12-15-14-6-7-14)8-11-17-10-4-9-16-2/h13-15H,3-12H2,1-2H3. The van der Waals surface area contributed by atoms with Gasteiger partial charge < -0.3 is 14.8 Å². The van der Waals surface area contributed by atoms with Crippen molar-refractivity contribution in [3.63, 3.8) is 0 Å². The van der Waals surface area contributed by atoms with Crippen LogP contribution in [0, 0.1) is 5.92 Å². The van der Waals surface area contributed by atoms with Crippen LogP contribution in [0.1, 0.15) is 45.4 Å². The molecule has 1 N–H and O–H groups in total. The minimum Gasteiger partial charge on any atom is -0.385 e. The molecule has 0 radical (unpaired) electrons. The molecular formula is C14H29NO2. The average molecular weight is 243 g/mol. The summed E-state index contributed by atoms with van der Waals surface area (Å²) in [6.45, 7) is 5.99. The van der Waals surface area contributed by atoms with Crippen LogP contribution in [0.25, 0.3) is 0 Å². The molecule has 0 amide bonds. The monoisotopic (exact) mass is 243 g/mol. The quantitative estimate of drug-likeness (QED) is 0.534. The van der Waals surface area contributed by atoms with E-state index in [-0.39, 0.29) is 0 Å². The maximum atomic E-state index is 5.63. The first-order valence-corrected chi connectivity index (χ1v) is 7.16. The molecule has 0 heterocycles. The Hall–Kier alpha value is -0.120. The molecule has 0 spiro atoms. The van der Waals surface area contributed by atoms with Crippen molar-refractivity contribution in [1.82, 2.24) is 5.32 Å². The zero-order chi connectivity index (χ0) is 12.3. The predicted molar refractivity (Wildman–Crippen MR) is 71.4 cm³/mol. The molecule has 0 saturated heterocycles. The van der Waals surface area contributed by atoms with E-state index >= 15 is 0 Å². The van der Waals surface area contributed by atoms with Gasteiger partial charge in [0.1, 0.15) is 0 Å². The van der Waals surface area contributed by atoms with Gasteiger partial charge in [-0.3, -0.25) is 0 Å². The molecule has 1 aliphatic carbocycles. The van der Waals surface area contributed by atoms with Crippen molar-refractivity contribution >= 4 is 0 Å². The highest BCUT2D eigenvalue weighted by molar-refractivity contribution is 4.81. The van der Waals surface area contributed by atoms with Gasteiger partial charge >= 0.3 is 0 Å². The summed E-state index contributed by atoms with van der Waals surface area (Å²) in [6.07, 6.45) is 7.57. The lowest BCUT2D eigenvalue weighted by atomic mass is 10.0. The normalized spacial score (nSPS) is 17.3. The van der Waals surface area contributed by atoms with Gasteiger partial charge in [-0.2, -0.15) is 0 Å². The second-order valence-corrected chi connectivity index (χ2v) is 5.08. The molecular weight excluding hydrogens is 214 g/mol. The molecule has 1 unspecified atom stereocenters. The minimum absolute atomic E-state index is 0.794. The van der Waals surface area contributed by atoms with Gasteiger partial charge in [0.25, 0.3) is 0 Å². The molecule has 0 aliphatic heterocycles. The summed E-state index contributed by atoms with van der Waals surface area (Å²) in [5.74, 6) is 0.794. The van der Waals surface area contributed by atoms with Crippen molar-refractivity contribution in [3.8, 4) is 0 Å². The third kappa shape index (κ3) is 8.58. The van der Waals surface area contributed by atoms with Gasteiger partial charge in [-0.1, -0.05) is 13.3 Å². The zero-order valence-electron chi connectivity index (χ0n) is 11.5. The van der Waals surface area contributed by atoms with Crippen LogP contribution in [0.2, 0.25) is 0 Å². The van der Waals surface area contributed by atoms with Crippen LogP contribution in [0.15, 0.2) is 0 Å². The predicted octanol–water partition coefficient (Wildman–Crippen LogP) is 2.60. The van der Waals surface area contributed by atoms with Crippen molar-refractivity contribution in [2.24, 2.45) is 5.92 Å². The van der Waals surface area contributed by atoms with E-state index in [2.05, 4.69) is 12.2 Å². The fourth-order valence-electron chi connectivity index (χ4n) is 2.03. The van der Waals surface area contributed by atoms with Gasteiger partial charge in [0, 0.05) is 33.0 Å².